The molecule has 120 heavy (non-hydrogen) atoms. The highest BCUT2D eigenvalue weighted by molar-refractivity contribution is 5.87. The first kappa shape index (κ1) is 91.0. The molecule has 0 spiro atoms. The fraction of sp³-hybridized carbons (Fsp3) is 0.231. The van der Waals surface area contributed by atoms with Crippen molar-refractivity contribution in [2.24, 2.45) is 0 Å². The molecule has 0 aliphatic heterocycles. The average molecular weight is 1680 g/mol. The van der Waals surface area contributed by atoms with E-state index in [-0.39, 0.29) is 5.75 Å². The summed E-state index contributed by atoms with van der Waals surface area (Å²) in [5, 5.41) is 0. The number of esters is 18. The lowest BCUT2D eigenvalue weighted by Crippen LogP contribution is -2.13. The zero-order valence-electron chi connectivity index (χ0n) is 66.1. The van der Waals surface area contributed by atoms with Crippen LogP contribution in [0.1, 0.15) is 125 Å². The van der Waals surface area contributed by atoms with Crippen molar-refractivity contribution in [1.29, 1.82) is 0 Å². The van der Waals surface area contributed by atoms with Crippen LogP contribution in [-0.2, 0) is 86.3 Å². The molecule has 42 heteroatoms. The van der Waals surface area contributed by atoms with E-state index in [1.807, 2.05) is 0 Å². The maximum atomic E-state index is 13.4. The minimum atomic E-state index is -1.27. The number of hydrogen-bond acceptors (Lipinski definition) is 42. The quantitative estimate of drug-likeness (QED) is 0.0298. The maximum Gasteiger partial charge on any atom is 0.308 e. The number of benzene rings is 7. The number of rotatable bonds is 30. The van der Waals surface area contributed by atoms with Gasteiger partial charge in [-0.1, -0.05) is 0 Å². The zero-order valence-corrected chi connectivity index (χ0v) is 66.1. The van der Waals surface area contributed by atoms with Crippen LogP contribution in [0.5, 0.6) is 172 Å². The van der Waals surface area contributed by atoms with E-state index in [9.17, 15) is 86.3 Å². The van der Waals surface area contributed by atoms with Crippen molar-refractivity contribution in [3.8, 4) is 172 Å². The van der Waals surface area contributed by atoms with Gasteiger partial charge in [0.05, 0.1) is 0 Å². The molecule has 0 amide bonds. The van der Waals surface area contributed by atoms with Gasteiger partial charge in [0.2, 0.25) is 63.2 Å². The van der Waals surface area contributed by atoms with Crippen molar-refractivity contribution in [1.82, 2.24) is 0 Å². The van der Waals surface area contributed by atoms with E-state index in [2.05, 4.69) is 0 Å². The summed E-state index contributed by atoms with van der Waals surface area (Å²) in [6.07, 6.45) is 0. The van der Waals surface area contributed by atoms with Crippen molar-refractivity contribution in [2.45, 2.75) is 125 Å². The Morgan fingerprint density at radius 1 is 0.125 bits per heavy atom. The summed E-state index contributed by atoms with van der Waals surface area (Å²) in [5.41, 5.74) is 0. The van der Waals surface area contributed by atoms with Crippen LogP contribution < -0.4 is 114 Å². The molecule has 0 radical (unpaired) electrons. The second-order valence-corrected chi connectivity index (χ2v) is 23.8. The molecule has 0 saturated carbocycles. The lowest BCUT2D eigenvalue weighted by molar-refractivity contribution is -0.135. The first-order valence-corrected chi connectivity index (χ1v) is 33.9. The van der Waals surface area contributed by atoms with Crippen LogP contribution in [0, 0.1) is 0 Å². The maximum absolute atomic E-state index is 13.4. The molecule has 0 N–H and O–H groups in total. The standard InChI is InChI=1S/C78H66O42/c1-31(79)97-49-19-56(100-34(4)82)69(57(20-49)101-35(5)83)115-50-21-60(104-38(8)86)71(61(22-50)105-39(9)87)120-67-30-65(109-43(13)91)74(112-46(16)94)78(114-48(18)96)76(67)118-53-27-58(102-36(6)84)70(59(28-53)103-37(7)85)116-51-23-62(106-40(10)88)72(63(24-51)107-41(11)89)119-66-29-64(108-42(12)90)73(111-45(15)93)77(113-47(17)95)75(66)117-52-25-54(98-32(2)80)68(110-44(14)92)55(26-52)99-33(3)81/h19-30H,1-18H3. The summed E-state index contributed by atoms with van der Waals surface area (Å²) in [7, 11) is 0. The van der Waals surface area contributed by atoms with Crippen LogP contribution in [0.4, 0.5) is 0 Å². The zero-order chi connectivity index (χ0) is 89.2. The Morgan fingerprint density at radius 3 is 0.458 bits per heavy atom. The number of carbonyl (C=O) groups excluding carboxylic acids is 18. The third kappa shape index (κ3) is 25.9. The minimum Gasteiger partial charge on any atom is -0.449 e. The molecule has 0 heterocycles. The number of ether oxygens (including phenoxy) is 24. The van der Waals surface area contributed by atoms with Gasteiger partial charge in [-0.3, -0.25) is 86.3 Å². The van der Waals surface area contributed by atoms with E-state index in [1.54, 1.807) is 0 Å². The monoisotopic (exact) mass is 1670 g/mol. The van der Waals surface area contributed by atoms with Gasteiger partial charge in [0.1, 0.15) is 28.7 Å². The van der Waals surface area contributed by atoms with E-state index >= 15 is 0 Å². The van der Waals surface area contributed by atoms with Crippen molar-refractivity contribution >= 4 is 107 Å². The molecular weight excluding hydrogens is 1610 g/mol. The Bertz CT molecular complexity index is 5280. The van der Waals surface area contributed by atoms with Gasteiger partial charge < -0.3 is 114 Å². The summed E-state index contributed by atoms with van der Waals surface area (Å²) >= 11 is 0. The molecule has 630 valence electrons. The van der Waals surface area contributed by atoms with Crippen LogP contribution >= 0.6 is 0 Å². The van der Waals surface area contributed by atoms with Crippen LogP contribution in [0.15, 0.2) is 72.8 Å². The Balaban J connectivity index is 1.54. The third-order valence-electron chi connectivity index (χ3n) is 13.1. The highest BCUT2D eigenvalue weighted by Crippen LogP contribution is 2.60. The van der Waals surface area contributed by atoms with Crippen LogP contribution in [0.2, 0.25) is 0 Å². The summed E-state index contributed by atoms with van der Waals surface area (Å²) in [4.78, 5) is 232. The van der Waals surface area contributed by atoms with Gasteiger partial charge in [-0.05, 0) is 0 Å². The molecular formula is C78H66O42. The van der Waals surface area contributed by atoms with Crippen LogP contribution in [0.25, 0.3) is 0 Å². The van der Waals surface area contributed by atoms with Crippen molar-refractivity contribution in [3.63, 3.8) is 0 Å². The lowest BCUT2D eigenvalue weighted by Gasteiger charge is -2.23. The molecule has 0 aromatic heterocycles. The van der Waals surface area contributed by atoms with Crippen molar-refractivity contribution in [2.75, 3.05) is 0 Å². The lowest BCUT2D eigenvalue weighted by atomic mass is 10.2. The van der Waals surface area contributed by atoms with Gasteiger partial charge >= 0.3 is 107 Å². The van der Waals surface area contributed by atoms with Crippen molar-refractivity contribution in [3.05, 3.63) is 72.8 Å². The summed E-state index contributed by atoms with van der Waals surface area (Å²) in [5.74, 6) is -44.0. The summed E-state index contributed by atoms with van der Waals surface area (Å²) in [6.45, 7) is 15.9. The van der Waals surface area contributed by atoms with E-state index in [1.165, 1.54) is 0 Å². The van der Waals surface area contributed by atoms with Gasteiger partial charge in [0.25, 0.3) is 0 Å². The van der Waals surface area contributed by atoms with Gasteiger partial charge in [0.15, 0.2) is 80.5 Å². The molecule has 7 aromatic rings. The predicted molar refractivity (Wildman–Crippen MR) is 389 cm³/mol. The van der Waals surface area contributed by atoms with Gasteiger partial charge in [-0.2, -0.15) is 0 Å². The Hall–Kier alpha value is -16.2. The van der Waals surface area contributed by atoms with Gasteiger partial charge in [-0.15, -0.1) is 0 Å². The smallest absolute Gasteiger partial charge is 0.308 e. The number of hydrogen-bond donors (Lipinski definition) is 0. The molecule has 0 aliphatic carbocycles. The SMILES string of the molecule is CC(=O)Oc1cc(OC(C)=O)c(Oc2cc(OC(C)=O)c(Oc3cc(OC(C)=O)c(OC(C)=O)c(OC(C)=O)c3Oc3cc(OC(C)=O)c(Oc4cc(OC(C)=O)c(Oc5cc(OC(C)=O)c(OC(C)=O)c(OC(C)=O)c5Oc5cc(OC(C)=O)c(OC(C)=O)c(OC(C)=O)c5)c(OC(C)=O)c4)c(OC(C)=O)c3)c(OC(C)=O)c2)c(OC(C)=O)c1. The average Bonchev–Trinajstić information content (AvgIpc) is 0.767. The largest absolute Gasteiger partial charge is 0.449 e. The fourth-order valence-corrected chi connectivity index (χ4v) is 9.78. The molecule has 0 atom stereocenters. The van der Waals surface area contributed by atoms with Gasteiger partial charge in [-0.25, -0.2) is 0 Å². The molecule has 0 unspecified atom stereocenters. The van der Waals surface area contributed by atoms with Crippen LogP contribution in [-0.4, -0.2) is 107 Å². The summed E-state index contributed by atoms with van der Waals surface area (Å²) < 4.78 is 136. The minimum absolute atomic E-state index is 0.343. The third-order valence-corrected chi connectivity index (χ3v) is 13.1. The second kappa shape index (κ2) is 39.7. The Morgan fingerprint density at radius 2 is 0.267 bits per heavy atom. The molecule has 0 saturated heterocycles. The molecule has 7 rings (SSSR count). The van der Waals surface area contributed by atoms with Crippen molar-refractivity contribution < 1.29 is 200 Å². The molecule has 0 bridgehead atoms. The highest BCUT2D eigenvalue weighted by Gasteiger charge is 2.37. The Labute approximate surface area is 675 Å². The molecule has 42 nitrogen and oxygen atoms in total. The first-order valence-electron chi connectivity index (χ1n) is 33.9. The fourth-order valence-electron chi connectivity index (χ4n) is 9.78. The van der Waals surface area contributed by atoms with E-state index < -0.39 is 274 Å². The molecule has 7 aromatic carbocycles. The predicted octanol–water partition coefficient (Wildman–Crippen LogP) is 11.1. The molecule has 0 fully saturated rings. The molecule has 0 aliphatic rings. The van der Waals surface area contributed by atoms with E-state index in [0.717, 1.165) is 197 Å². The number of carbonyl (C=O) groups is 18. The topological polar surface area (TPSA) is 529 Å². The summed E-state index contributed by atoms with van der Waals surface area (Å²) in [6, 6.07) is 10.1. The highest BCUT2D eigenvalue weighted by atomic mass is 16.7. The normalized spacial score (nSPS) is 10.3. The van der Waals surface area contributed by atoms with Crippen LogP contribution in [0.3, 0.4) is 0 Å². The Kier molecular flexibility index (Phi) is 30.1. The van der Waals surface area contributed by atoms with E-state index in [0.29, 0.717) is 0 Å². The first-order chi connectivity index (χ1) is 56.2. The van der Waals surface area contributed by atoms with E-state index in [4.69, 9.17) is 114 Å². The van der Waals surface area contributed by atoms with Gasteiger partial charge in [0, 0.05) is 197 Å². The second-order valence-electron chi connectivity index (χ2n) is 23.8.